The van der Waals surface area contributed by atoms with Gasteiger partial charge >= 0.3 is 5.97 Å². The summed E-state index contributed by atoms with van der Waals surface area (Å²) in [6.07, 6.45) is 0.208. The molecule has 0 aromatic rings. The van der Waals surface area contributed by atoms with Crippen LogP contribution < -0.4 is 5.73 Å². The smallest absolute Gasteiger partial charge is 0.323 e. The van der Waals surface area contributed by atoms with Crippen molar-refractivity contribution in [2.24, 2.45) is 11.7 Å². The number of rotatable bonds is 6. The number of nitrogens with zero attached hydrogens (tertiary/aromatic N) is 1. The Morgan fingerprint density at radius 1 is 1.43 bits per heavy atom. The van der Waals surface area contributed by atoms with E-state index in [-0.39, 0.29) is 31.3 Å². The molecule has 0 heterocycles. The predicted octanol–water partition coefficient (Wildman–Crippen LogP) is -0.0956. The van der Waals surface area contributed by atoms with Crippen molar-refractivity contribution in [1.82, 2.24) is 4.90 Å². The van der Waals surface area contributed by atoms with Gasteiger partial charge in [-0.3, -0.25) is 9.59 Å². The zero-order valence-corrected chi connectivity index (χ0v) is 8.69. The Balaban J connectivity index is 4.22. The molecule has 5 nitrogen and oxygen atoms in total. The van der Waals surface area contributed by atoms with Crippen molar-refractivity contribution in [2.45, 2.75) is 20.3 Å². The van der Waals surface area contributed by atoms with E-state index in [1.54, 1.807) is 0 Å². The van der Waals surface area contributed by atoms with Crippen molar-refractivity contribution >= 4 is 11.9 Å². The number of nitrogens with two attached hydrogens (primary N) is 1. The maximum atomic E-state index is 11.4. The van der Waals surface area contributed by atoms with Crippen LogP contribution in [0.3, 0.4) is 0 Å². The van der Waals surface area contributed by atoms with Crippen molar-refractivity contribution in [3.63, 3.8) is 0 Å². The number of amides is 1. The fourth-order valence-electron chi connectivity index (χ4n) is 1.14. The minimum atomic E-state index is -0.990. The number of carboxylic acids is 1. The van der Waals surface area contributed by atoms with Crippen LogP contribution in [0.1, 0.15) is 20.3 Å². The lowest BCUT2D eigenvalue weighted by atomic mass is 10.2. The summed E-state index contributed by atoms with van der Waals surface area (Å²) < 4.78 is 0. The fourth-order valence-corrected chi connectivity index (χ4v) is 1.14. The number of aliphatic carboxylic acids is 1. The Morgan fingerprint density at radius 3 is 2.36 bits per heavy atom. The molecule has 0 spiro atoms. The van der Waals surface area contributed by atoms with E-state index in [4.69, 9.17) is 10.8 Å². The molecule has 0 bridgehead atoms. The largest absolute Gasteiger partial charge is 0.480 e. The monoisotopic (exact) mass is 202 g/mol. The van der Waals surface area contributed by atoms with Crippen LogP contribution in [-0.2, 0) is 9.59 Å². The van der Waals surface area contributed by atoms with E-state index in [1.807, 2.05) is 13.8 Å². The van der Waals surface area contributed by atoms with Crippen molar-refractivity contribution in [3.05, 3.63) is 0 Å². The van der Waals surface area contributed by atoms with E-state index in [2.05, 4.69) is 0 Å². The van der Waals surface area contributed by atoms with Gasteiger partial charge in [-0.1, -0.05) is 13.8 Å². The fraction of sp³-hybridized carbons (Fsp3) is 0.778. The van der Waals surface area contributed by atoms with Crippen LogP contribution in [0.2, 0.25) is 0 Å². The number of hydrogen-bond donors (Lipinski definition) is 2. The Kier molecular flexibility index (Phi) is 5.87. The summed E-state index contributed by atoms with van der Waals surface area (Å²) in [6, 6.07) is 0. The van der Waals surface area contributed by atoms with E-state index in [0.717, 1.165) is 0 Å². The molecule has 0 aliphatic carbocycles. The third-order valence-corrected chi connectivity index (χ3v) is 1.62. The number of hydrogen-bond acceptors (Lipinski definition) is 3. The third kappa shape index (κ3) is 5.53. The third-order valence-electron chi connectivity index (χ3n) is 1.62. The van der Waals surface area contributed by atoms with E-state index in [0.29, 0.717) is 6.54 Å². The second kappa shape index (κ2) is 6.37. The van der Waals surface area contributed by atoms with Crippen molar-refractivity contribution < 1.29 is 14.7 Å². The molecular weight excluding hydrogens is 184 g/mol. The summed E-state index contributed by atoms with van der Waals surface area (Å²) in [5.74, 6) is -0.921. The lowest BCUT2D eigenvalue weighted by molar-refractivity contribution is -0.144. The minimum Gasteiger partial charge on any atom is -0.480 e. The van der Waals surface area contributed by atoms with Crippen LogP contribution in [0.15, 0.2) is 0 Å². The Bertz CT molecular complexity index is 204. The zero-order valence-electron chi connectivity index (χ0n) is 8.69. The van der Waals surface area contributed by atoms with Crippen molar-refractivity contribution in [2.75, 3.05) is 19.6 Å². The first-order valence-corrected chi connectivity index (χ1v) is 4.67. The molecule has 0 saturated heterocycles. The van der Waals surface area contributed by atoms with Crippen LogP contribution in [0.4, 0.5) is 0 Å². The number of carbonyl (C=O) groups excluding carboxylic acids is 1. The van der Waals surface area contributed by atoms with Crippen LogP contribution in [0, 0.1) is 5.92 Å². The lowest BCUT2D eigenvalue weighted by Gasteiger charge is -2.22. The summed E-state index contributed by atoms with van der Waals surface area (Å²) >= 11 is 0. The molecule has 3 N–H and O–H groups in total. The molecule has 82 valence electrons. The van der Waals surface area contributed by atoms with E-state index in [9.17, 15) is 9.59 Å². The van der Waals surface area contributed by atoms with E-state index < -0.39 is 5.97 Å². The standard InChI is InChI=1S/C9H18N2O3/c1-7(2)5-11(6-9(13)14)8(12)3-4-10/h7H,3-6,10H2,1-2H3,(H,13,14). The maximum Gasteiger partial charge on any atom is 0.323 e. The molecule has 0 aliphatic heterocycles. The summed E-state index contributed by atoms with van der Waals surface area (Å²) in [5, 5.41) is 8.59. The molecule has 14 heavy (non-hydrogen) atoms. The number of carbonyl (C=O) groups is 2. The average Bonchev–Trinajstić information content (AvgIpc) is 2.01. The molecule has 0 fully saturated rings. The molecule has 0 saturated carbocycles. The van der Waals surface area contributed by atoms with E-state index in [1.165, 1.54) is 4.90 Å². The van der Waals surface area contributed by atoms with Gasteiger partial charge in [0.15, 0.2) is 0 Å². The molecule has 0 radical (unpaired) electrons. The Hall–Kier alpha value is -1.10. The zero-order chi connectivity index (χ0) is 11.1. The maximum absolute atomic E-state index is 11.4. The van der Waals surface area contributed by atoms with Gasteiger partial charge in [-0.2, -0.15) is 0 Å². The van der Waals surface area contributed by atoms with Gasteiger partial charge in [0.1, 0.15) is 6.54 Å². The first kappa shape index (κ1) is 12.9. The molecule has 0 aromatic carbocycles. The van der Waals surface area contributed by atoms with Gasteiger partial charge in [-0.15, -0.1) is 0 Å². The van der Waals surface area contributed by atoms with Gasteiger partial charge < -0.3 is 15.7 Å². The molecule has 5 heteroatoms. The average molecular weight is 202 g/mol. The summed E-state index contributed by atoms with van der Waals surface area (Å²) in [5.41, 5.74) is 5.23. The highest BCUT2D eigenvalue weighted by atomic mass is 16.4. The second-order valence-electron chi connectivity index (χ2n) is 3.60. The van der Waals surface area contributed by atoms with Gasteiger partial charge in [0.05, 0.1) is 0 Å². The summed E-state index contributed by atoms with van der Waals surface area (Å²) in [7, 11) is 0. The highest BCUT2D eigenvalue weighted by Crippen LogP contribution is 2.00. The topological polar surface area (TPSA) is 83.6 Å². The van der Waals surface area contributed by atoms with Crippen molar-refractivity contribution in [1.29, 1.82) is 0 Å². The van der Waals surface area contributed by atoms with Gasteiger partial charge in [0, 0.05) is 19.5 Å². The molecule has 0 rings (SSSR count). The normalized spacial score (nSPS) is 10.3. The van der Waals surface area contributed by atoms with Crippen molar-refractivity contribution in [3.8, 4) is 0 Å². The molecule has 1 amide bonds. The predicted molar refractivity (Wildman–Crippen MR) is 52.7 cm³/mol. The van der Waals surface area contributed by atoms with Crippen LogP contribution >= 0.6 is 0 Å². The molecule has 0 aliphatic rings. The highest BCUT2D eigenvalue weighted by Gasteiger charge is 2.16. The van der Waals surface area contributed by atoms with Gasteiger partial charge in [-0.05, 0) is 5.92 Å². The Labute approximate surface area is 83.9 Å². The molecule has 0 unspecified atom stereocenters. The molecule has 0 aromatic heterocycles. The summed E-state index contributed by atoms with van der Waals surface area (Å²) in [6.45, 7) is 4.35. The van der Waals surface area contributed by atoms with Gasteiger partial charge in [-0.25, -0.2) is 0 Å². The van der Waals surface area contributed by atoms with Crippen LogP contribution in [0.25, 0.3) is 0 Å². The quantitative estimate of drug-likeness (QED) is 0.630. The second-order valence-corrected chi connectivity index (χ2v) is 3.60. The highest BCUT2D eigenvalue weighted by molar-refractivity contribution is 5.81. The lowest BCUT2D eigenvalue weighted by Crippen LogP contribution is -2.39. The van der Waals surface area contributed by atoms with E-state index >= 15 is 0 Å². The van der Waals surface area contributed by atoms with Crippen LogP contribution in [-0.4, -0.2) is 41.5 Å². The first-order valence-electron chi connectivity index (χ1n) is 4.67. The Morgan fingerprint density at radius 2 is 2.00 bits per heavy atom. The summed E-state index contributed by atoms with van der Waals surface area (Å²) in [4.78, 5) is 23.2. The van der Waals surface area contributed by atoms with Crippen LogP contribution in [0.5, 0.6) is 0 Å². The first-order chi connectivity index (χ1) is 6.47. The molecular formula is C9H18N2O3. The van der Waals surface area contributed by atoms with Gasteiger partial charge in [0.2, 0.25) is 5.91 Å². The SMILES string of the molecule is CC(C)CN(CC(=O)O)C(=O)CCN. The molecule has 0 atom stereocenters. The number of carboxylic acid groups (broad SMARTS) is 1. The van der Waals surface area contributed by atoms with Gasteiger partial charge in [0.25, 0.3) is 0 Å². The minimum absolute atomic E-state index is 0.191.